The minimum atomic E-state index is -0.789. The highest BCUT2D eigenvalue weighted by Gasteiger charge is 2.29. The minimum absolute atomic E-state index is 0.0147. The second kappa shape index (κ2) is 7.18. The summed E-state index contributed by atoms with van der Waals surface area (Å²) in [6.07, 6.45) is 1.55. The van der Waals surface area contributed by atoms with E-state index in [0.717, 1.165) is 19.6 Å². The van der Waals surface area contributed by atoms with E-state index >= 15 is 0 Å². The van der Waals surface area contributed by atoms with Crippen LogP contribution in [0.4, 0.5) is 0 Å². The Labute approximate surface area is 121 Å². The van der Waals surface area contributed by atoms with E-state index in [9.17, 15) is 5.11 Å². The van der Waals surface area contributed by atoms with Crippen molar-refractivity contribution in [1.82, 2.24) is 5.32 Å². The van der Waals surface area contributed by atoms with Gasteiger partial charge in [-0.2, -0.15) is 0 Å². The molecule has 0 spiro atoms. The van der Waals surface area contributed by atoms with Gasteiger partial charge in [-0.05, 0) is 24.5 Å². The molecule has 20 heavy (non-hydrogen) atoms. The quantitative estimate of drug-likeness (QED) is 0.746. The van der Waals surface area contributed by atoms with Crippen LogP contribution in [0.25, 0.3) is 0 Å². The van der Waals surface area contributed by atoms with Gasteiger partial charge in [-0.1, -0.05) is 24.3 Å². The van der Waals surface area contributed by atoms with Gasteiger partial charge < -0.3 is 19.9 Å². The van der Waals surface area contributed by atoms with E-state index in [-0.39, 0.29) is 6.10 Å². The number of aliphatic hydroxyl groups is 1. The van der Waals surface area contributed by atoms with Crippen LogP contribution in [0.1, 0.15) is 30.6 Å². The molecule has 0 saturated carbocycles. The third kappa shape index (κ3) is 4.28. The third-order valence-corrected chi connectivity index (χ3v) is 3.71. The Morgan fingerprint density at radius 3 is 3.05 bits per heavy atom. The number of benzene rings is 1. The van der Waals surface area contributed by atoms with Crippen LogP contribution in [0.15, 0.2) is 24.3 Å². The second-order valence-electron chi connectivity index (χ2n) is 5.68. The highest BCUT2D eigenvalue weighted by molar-refractivity contribution is 5.31. The van der Waals surface area contributed by atoms with Crippen LogP contribution in [0.3, 0.4) is 0 Å². The van der Waals surface area contributed by atoms with Gasteiger partial charge in [0.2, 0.25) is 0 Å². The summed E-state index contributed by atoms with van der Waals surface area (Å²) in [7, 11) is 1.67. The molecule has 1 aliphatic rings. The fourth-order valence-corrected chi connectivity index (χ4v) is 2.65. The average Bonchev–Trinajstić information content (AvgIpc) is 2.44. The Bertz CT molecular complexity index is 420. The lowest BCUT2D eigenvalue weighted by atomic mass is 9.89. The molecule has 0 aromatic heterocycles. The van der Waals surface area contributed by atoms with Crippen LogP contribution >= 0.6 is 0 Å². The molecule has 2 unspecified atom stereocenters. The SMILES string of the molecule is COCCNCC(C)(O)CC1OCCc2ccccc21. The molecule has 112 valence electrons. The van der Waals surface area contributed by atoms with Crippen LogP contribution in [0.2, 0.25) is 0 Å². The van der Waals surface area contributed by atoms with Crippen molar-refractivity contribution in [2.75, 3.05) is 33.4 Å². The van der Waals surface area contributed by atoms with E-state index in [1.165, 1.54) is 11.1 Å². The lowest BCUT2D eigenvalue weighted by Gasteiger charge is -2.32. The zero-order valence-electron chi connectivity index (χ0n) is 12.4. The Hall–Kier alpha value is -0.940. The highest BCUT2D eigenvalue weighted by Crippen LogP contribution is 2.33. The molecule has 1 heterocycles. The summed E-state index contributed by atoms with van der Waals surface area (Å²) in [5.41, 5.74) is 1.77. The molecule has 0 saturated heterocycles. The Morgan fingerprint density at radius 2 is 2.25 bits per heavy atom. The summed E-state index contributed by atoms with van der Waals surface area (Å²) < 4.78 is 10.8. The topological polar surface area (TPSA) is 50.7 Å². The molecule has 2 atom stereocenters. The van der Waals surface area contributed by atoms with Gasteiger partial charge >= 0.3 is 0 Å². The van der Waals surface area contributed by atoms with Crippen molar-refractivity contribution < 1.29 is 14.6 Å². The van der Waals surface area contributed by atoms with Gasteiger partial charge in [0.05, 0.1) is 24.9 Å². The molecule has 0 bridgehead atoms. The smallest absolute Gasteiger partial charge is 0.0855 e. The maximum absolute atomic E-state index is 10.5. The van der Waals surface area contributed by atoms with Crippen LogP contribution in [0.5, 0.6) is 0 Å². The lowest BCUT2D eigenvalue weighted by Crippen LogP contribution is -2.41. The van der Waals surface area contributed by atoms with Gasteiger partial charge in [0, 0.05) is 26.6 Å². The van der Waals surface area contributed by atoms with E-state index in [1.807, 2.05) is 13.0 Å². The predicted octanol–water partition coefficient (Wildman–Crippen LogP) is 1.68. The molecule has 2 N–H and O–H groups in total. The molecule has 1 aromatic rings. The van der Waals surface area contributed by atoms with Gasteiger partial charge in [-0.25, -0.2) is 0 Å². The van der Waals surface area contributed by atoms with Crippen molar-refractivity contribution in [1.29, 1.82) is 0 Å². The van der Waals surface area contributed by atoms with Crippen molar-refractivity contribution >= 4 is 0 Å². The van der Waals surface area contributed by atoms with Crippen LogP contribution < -0.4 is 5.32 Å². The number of ether oxygens (including phenoxy) is 2. The van der Waals surface area contributed by atoms with Gasteiger partial charge in [-0.15, -0.1) is 0 Å². The second-order valence-corrected chi connectivity index (χ2v) is 5.68. The fourth-order valence-electron chi connectivity index (χ4n) is 2.65. The number of hydrogen-bond donors (Lipinski definition) is 2. The molecular formula is C16H25NO3. The predicted molar refractivity (Wildman–Crippen MR) is 78.8 cm³/mol. The molecular weight excluding hydrogens is 254 g/mol. The minimum Gasteiger partial charge on any atom is -0.389 e. The van der Waals surface area contributed by atoms with E-state index in [1.54, 1.807) is 7.11 Å². The first-order valence-corrected chi connectivity index (χ1v) is 7.24. The molecule has 0 fully saturated rings. The highest BCUT2D eigenvalue weighted by atomic mass is 16.5. The van der Waals surface area contributed by atoms with Crippen molar-refractivity contribution in [3.8, 4) is 0 Å². The molecule has 1 aromatic carbocycles. The zero-order valence-corrected chi connectivity index (χ0v) is 12.4. The molecule has 0 aliphatic carbocycles. The number of nitrogens with one attached hydrogen (secondary N) is 1. The van der Waals surface area contributed by atoms with Gasteiger partial charge in [0.1, 0.15) is 0 Å². The Morgan fingerprint density at radius 1 is 1.45 bits per heavy atom. The molecule has 2 rings (SSSR count). The summed E-state index contributed by atoms with van der Waals surface area (Å²) in [6, 6.07) is 8.35. The lowest BCUT2D eigenvalue weighted by molar-refractivity contribution is -0.0361. The Balaban J connectivity index is 1.92. The molecule has 0 radical (unpaired) electrons. The van der Waals surface area contributed by atoms with Gasteiger partial charge in [0.15, 0.2) is 0 Å². The average molecular weight is 279 g/mol. The maximum atomic E-state index is 10.5. The van der Waals surface area contributed by atoms with E-state index in [2.05, 4.69) is 23.5 Å². The first kappa shape index (κ1) is 15.4. The van der Waals surface area contributed by atoms with Crippen LogP contribution in [-0.4, -0.2) is 44.1 Å². The zero-order chi connectivity index (χ0) is 14.4. The summed E-state index contributed by atoms with van der Waals surface area (Å²) in [4.78, 5) is 0. The number of methoxy groups -OCH3 is 1. The molecule has 4 nitrogen and oxygen atoms in total. The summed E-state index contributed by atoms with van der Waals surface area (Å²) in [5, 5.41) is 13.7. The van der Waals surface area contributed by atoms with E-state index in [0.29, 0.717) is 19.6 Å². The van der Waals surface area contributed by atoms with Gasteiger partial charge in [0.25, 0.3) is 0 Å². The monoisotopic (exact) mass is 279 g/mol. The van der Waals surface area contributed by atoms with Crippen LogP contribution in [0, 0.1) is 0 Å². The summed E-state index contributed by atoms with van der Waals surface area (Å²) >= 11 is 0. The third-order valence-electron chi connectivity index (χ3n) is 3.71. The summed E-state index contributed by atoms with van der Waals surface area (Å²) in [5.74, 6) is 0. The fraction of sp³-hybridized carbons (Fsp3) is 0.625. The van der Waals surface area contributed by atoms with Gasteiger partial charge in [-0.3, -0.25) is 0 Å². The number of hydrogen-bond acceptors (Lipinski definition) is 4. The summed E-state index contributed by atoms with van der Waals surface area (Å²) in [6.45, 7) is 4.52. The van der Waals surface area contributed by atoms with Crippen molar-refractivity contribution in [3.05, 3.63) is 35.4 Å². The Kier molecular flexibility index (Phi) is 5.54. The number of fused-ring (bicyclic) bond motifs is 1. The molecule has 1 aliphatic heterocycles. The van der Waals surface area contributed by atoms with E-state index in [4.69, 9.17) is 9.47 Å². The van der Waals surface area contributed by atoms with Crippen molar-refractivity contribution in [2.24, 2.45) is 0 Å². The number of rotatable bonds is 7. The normalized spacial score (nSPS) is 21.2. The largest absolute Gasteiger partial charge is 0.389 e. The molecule has 0 amide bonds. The van der Waals surface area contributed by atoms with E-state index < -0.39 is 5.60 Å². The van der Waals surface area contributed by atoms with Crippen LogP contribution in [-0.2, 0) is 15.9 Å². The standard InChI is InChI=1S/C16H25NO3/c1-16(18,12-17-8-10-19-2)11-15-14-6-4-3-5-13(14)7-9-20-15/h3-6,15,17-18H,7-12H2,1-2H3. The molecule has 4 heteroatoms. The maximum Gasteiger partial charge on any atom is 0.0855 e. The van der Waals surface area contributed by atoms with Crippen molar-refractivity contribution in [3.63, 3.8) is 0 Å². The van der Waals surface area contributed by atoms with Crippen molar-refractivity contribution in [2.45, 2.75) is 31.5 Å². The first-order valence-electron chi connectivity index (χ1n) is 7.24. The first-order chi connectivity index (χ1) is 9.62.